The number of nitrogens with one attached hydrogen (secondary N) is 1. The largest absolute Gasteiger partial charge is 0.481 e. The van der Waals surface area contributed by atoms with E-state index in [2.05, 4.69) is 39.8 Å². The second-order valence-corrected chi connectivity index (χ2v) is 8.79. The number of carboxylic acids is 1. The van der Waals surface area contributed by atoms with Gasteiger partial charge in [0.2, 0.25) is 0 Å². The molecule has 0 radical (unpaired) electrons. The van der Waals surface area contributed by atoms with Crippen molar-refractivity contribution in [1.82, 2.24) is 5.32 Å². The van der Waals surface area contributed by atoms with Gasteiger partial charge in [-0.25, -0.2) is 4.79 Å². The van der Waals surface area contributed by atoms with E-state index in [0.29, 0.717) is 16.9 Å². The van der Waals surface area contributed by atoms with Crippen LogP contribution < -0.4 is 5.32 Å². The van der Waals surface area contributed by atoms with E-state index >= 15 is 0 Å². The summed E-state index contributed by atoms with van der Waals surface area (Å²) < 4.78 is 5.60. The van der Waals surface area contributed by atoms with Crippen LogP contribution in [0, 0.1) is 0 Å². The molecule has 0 bridgehead atoms. The van der Waals surface area contributed by atoms with Gasteiger partial charge >= 0.3 is 12.1 Å². The van der Waals surface area contributed by atoms with Crippen LogP contribution in [0.25, 0.3) is 11.1 Å². The lowest BCUT2D eigenvalue weighted by molar-refractivity contribution is -0.136. The molecule has 7 heteroatoms. The summed E-state index contributed by atoms with van der Waals surface area (Å²) in [6.45, 7) is 0.545. The maximum Gasteiger partial charge on any atom is 0.407 e. The molecule has 0 heterocycles. The molecule has 4 aromatic carbocycles. The molecule has 1 aliphatic carbocycles. The Bertz CT molecular complexity index is 1440. The van der Waals surface area contributed by atoms with Crippen molar-refractivity contribution < 1.29 is 19.4 Å². The maximum atomic E-state index is 12.5. The van der Waals surface area contributed by atoms with Crippen LogP contribution in [0.15, 0.2) is 107 Å². The summed E-state index contributed by atoms with van der Waals surface area (Å²) >= 11 is 0. The van der Waals surface area contributed by atoms with Crippen LogP contribution in [-0.2, 0) is 22.5 Å². The first kappa shape index (κ1) is 23.9. The van der Waals surface area contributed by atoms with E-state index in [1.54, 1.807) is 30.3 Å². The number of carbonyl (C=O) groups is 2. The average Bonchev–Trinajstić information content (AvgIpc) is 3.23. The predicted octanol–water partition coefficient (Wildman–Crippen LogP) is 6.77. The molecule has 0 aliphatic heterocycles. The van der Waals surface area contributed by atoms with Crippen molar-refractivity contribution in [3.63, 3.8) is 0 Å². The molecule has 0 spiro atoms. The lowest BCUT2D eigenvalue weighted by Crippen LogP contribution is -2.25. The van der Waals surface area contributed by atoms with Crippen molar-refractivity contribution in [2.75, 3.05) is 6.61 Å². The third-order valence-electron chi connectivity index (χ3n) is 6.24. The summed E-state index contributed by atoms with van der Waals surface area (Å²) in [6, 6.07) is 30.7. The smallest absolute Gasteiger partial charge is 0.407 e. The van der Waals surface area contributed by atoms with Crippen molar-refractivity contribution in [2.24, 2.45) is 10.2 Å². The molecule has 2 N–H and O–H groups in total. The Morgan fingerprint density at radius 3 is 1.95 bits per heavy atom. The zero-order valence-electron chi connectivity index (χ0n) is 20.0. The first-order valence-corrected chi connectivity index (χ1v) is 12.0. The topological polar surface area (TPSA) is 100 Å². The number of hydrogen-bond donors (Lipinski definition) is 2. The number of nitrogens with zero attached hydrogens (tertiary/aromatic N) is 2. The number of carbonyl (C=O) groups excluding carboxylic acids is 1. The summed E-state index contributed by atoms with van der Waals surface area (Å²) in [5.74, 6) is -0.887. The van der Waals surface area contributed by atoms with E-state index in [1.165, 1.54) is 22.3 Å². The molecule has 4 aromatic rings. The van der Waals surface area contributed by atoms with Crippen LogP contribution in [0.5, 0.6) is 0 Å². The highest BCUT2D eigenvalue weighted by molar-refractivity contribution is 5.79. The Balaban J connectivity index is 1.17. The molecule has 0 atom stereocenters. The summed E-state index contributed by atoms with van der Waals surface area (Å²) in [5, 5.41) is 20.2. The van der Waals surface area contributed by atoms with Gasteiger partial charge in [-0.2, -0.15) is 10.2 Å². The second-order valence-electron chi connectivity index (χ2n) is 8.79. The van der Waals surface area contributed by atoms with Gasteiger partial charge in [0, 0.05) is 12.5 Å². The molecule has 184 valence electrons. The van der Waals surface area contributed by atoms with E-state index in [0.717, 1.165) is 5.56 Å². The minimum atomic E-state index is -0.898. The van der Waals surface area contributed by atoms with Gasteiger partial charge in [-0.1, -0.05) is 72.8 Å². The molecule has 0 aromatic heterocycles. The minimum absolute atomic E-state index is 0.0101. The molecular formula is C30H25N3O4. The number of ether oxygens (including phenoxy) is 1. The van der Waals surface area contributed by atoms with E-state index in [4.69, 9.17) is 9.84 Å². The van der Waals surface area contributed by atoms with Gasteiger partial charge in [0.25, 0.3) is 0 Å². The third kappa shape index (κ3) is 5.73. The van der Waals surface area contributed by atoms with Gasteiger partial charge in [-0.15, -0.1) is 0 Å². The number of aliphatic carboxylic acids is 1. The minimum Gasteiger partial charge on any atom is -0.481 e. The predicted molar refractivity (Wildman–Crippen MR) is 140 cm³/mol. The molecule has 1 amide bonds. The number of alkyl carbamates (subject to hydrolysis) is 1. The molecule has 0 fully saturated rings. The van der Waals surface area contributed by atoms with Crippen LogP contribution in [0.2, 0.25) is 0 Å². The molecule has 5 rings (SSSR count). The average molecular weight is 492 g/mol. The quantitative estimate of drug-likeness (QED) is 0.266. The number of fused-ring (bicyclic) bond motifs is 3. The Hall–Kier alpha value is -4.78. The van der Waals surface area contributed by atoms with Gasteiger partial charge in [-0.05, 0) is 57.6 Å². The Kier molecular flexibility index (Phi) is 7.03. The molecule has 1 aliphatic rings. The van der Waals surface area contributed by atoms with Crippen molar-refractivity contribution in [1.29, 1.82) is 0 Å². The van der Waals surface area contributed by atoms with Gasteiger partial charge in [0.05, 0.1) is 17.8 Å². The lowest BCUT2D eigenvalue weighted by Gasteiger charge is -2.14. The zero-order chi connectivity index (χ0) is 25.6. The maximum absolute atomic E-state index is 12.5. The van der Waals surface area contributed by atoms with Crippen LogP contribution in [0.3, 0.4) is 0 Å². The van der Waals surface area contributed by atoms with Crippen molar-refractivity contribution in [3.05, 3.63) is 119 Å². The summed E-state index contributed by atoms with van der Waals surface area (Å²) in [6.07, 6.45) is -0.551. The highest BCUT2D eigenvalue weighted by Gasteiger charge is 2.28. The van der Waals surface area contributed by atoms with E-state index < -0.39 is 12.1 Å². The highest BCUT2D eigenvalue weighted by atomic mass is 16.5. The fourth-order valence-electron chi connectivity index (χ4n) is 4.57. The van der Waals surface area contributed by atoms with E-state index in [9.17, 15) is 9.59 Å². The lowest BCUT2D eigenvalue weighted by atomic mass is 9.98. The highest BCUT2D eigenvalue weighted by Crippen LogP contribution is 2.44. The van der Waals surface area contributed by atoms with E-state index in [-0.39, 0.29) is 25.5 Å². The normalized spacial score (nSPS) is 12.2. The van der Waals surface area contributed by atoms with Gasteiger partial charge in [-0.3, -0.25) is 4.79 Å². The SMILES string of the molecule is O=C(O)Cc1cccc(N=Nc2cccc(CNC(=O)OCC3c4ccccc4-c4ccccc43)c2)c1. The Morgan fingerprint density at radius 2 is 1.32 bits per heavy atom. The monoisotopic (exact) mass is 491 g/mol. The number of amides is 1. The summed E-state index contributed by atoms with van der Waals surface area (Å²) in [5.41, 5.74) is 7.41. The number of carboxylic acid groups (broad SMARTS) is 1. The molecular weight excluding hydrogens is 466 g/mol. The number of azo groups is 1. The van der Waals surface area contributed by atoms with Crippen LogP contribution in [-0.4, -0.2) is 23.8 Å². The zero-order valence-corrected chi connectivity index (χ0v) is 20.0. The third-order valence-corrected chi connectivity index (χ3v) is 6.24. The van der Waals surface area contributed by atoms with Crippen LogP contribution in [0.4, 0.5) is 16.2 Å². The van der Waals surface area contributed by atoms with Crippen molar-refractivity contribution in [2.45, 2.75) is 18.9 Å². The standard InChI is InChI=1S/C30H25N3O4/c34-29(35)17-20-7-5-9-22(15-20)32-33-23-10-6-8-21(16-23)18-31-30(36)37-19-28-26-13-3-1-11-24(26)25-12-2-4-14-27(25)28/h1-16,28H,17-19H2,(H,31,36)(H,34,35). The summed E-state index contributed by atoms with van der Waals surface area (Å²) in [4.78, 5) is 23.4. The first-order chi connectivity index (χ1) is 18.1. The van der Waals surface area contributed by atoms with Crippen LogP contribution >= 0.6 is 0 Å². The number of benzene rings is 4. The fourth-order valence-corrected chi connectivity index (χ4v) is 4.57. The Labute approximate surface area is 214 Å². The second kappa shape index (κ2) is 10.9. The molecule has 0 unspecified atom stereocenters. The van der Waals surface area contributed by atoms with E-state index in [1.807, 2.05) is 42.5 Å². The first-order valence-electron chi connectivity index (χ1n) is 12.0. The Morgan fingerprint density at radius 1 is 0.757 bits per heavy atom. The summed E-state index contributed by atoms with van der Waals surface area (Å²) in [7, 11) is 0. The van der Waals surface area contributed by atoms with Gasteiger partial charge in [0.1, 0.15) is 6.61 Å². The number of hydrogen-bond acceptors (Lipinski definition) is 5. The van der Waals surface area contributed by atoms with Crippen molar-refractivity contribution in [3.8, 4) is 11.1 Å². The van der Waals surface area contributed by atoms with Crippen LogP contribution in [0.1, 0.15) is 28.2 Å². The molecule has 0 saturated carbocycles. The molecule has 37 heavy (non-hydrogen) atoms. The fraction of sp³-hybridized carbons (Fsp3) is 0.133. The van der Waals surface area contributed by atoms with Gasteiger partial charge in [0.15, 0.2) is 0 Å². The molecule has 7 nitrogen and oxygen atoms in total. The van der Waals surface area contributed by atoms with Gasteiger partial charge < -0.3 is 15.2 Å². The van der Waals surface area contributed by atoms with Crippen molar-refractivity contribution >= 4 is 23.4 Å². The number of rotatable bonds is 8. The molecule has 0 saturated heterocycles.